The molecule has 2 aromatic rings. The molecule has 138 valence electrons. The maximum absolute atomic E-state index is 5.51. The summed E-state index contributed by atoms with van der Waals surface area (Å²) >= 11 is 0. The van der Waals surface area contributed by atoms with Crippen molar-refractivity contribution in [3.8, 4) is 0 Å². The van der Waals surface area contributed by atoms with Crippen LogP contribution in [0.2, 0.25) is 0 Å². The van der Waals surface area contributed by atoms with Crippen LogP contribution in [0.1, 0.15) is 63.8 Å². The monoisotopic (exact) mass is 340 g/mol. The molecule has 0 unspecified atom stereocenters. The van der Waals surface area contributed by atoms with E-state index in [9.17, 15) is 0 Å². The quantitative estimate of drug-likeness (QED) is 0.614. The Morgan fingerprint density at radius 2 is 1.04 bits per heavy atom. The molecule has 0 fully saturated rings. The molecular formula is C23H36N2. The van der Waals surface area contributed by atoms with Crippen molar-refractivity contribution in [2.24, 2.45) is 5.73 Å². The molecule has 0 aromatic heterocycles. The molecule has 0 atom stereocenters. The third-order valence-corrected chi connectivity index (χ3v) is 3.97. The van der Waals surface area contributed by atoms with Crippen LogP contribution in [0.15, 0.2) is 48.5 Å². The van der Waals surface area contributed by atoms with Crippen molar-refractivity contribution < 1.29 is 0 Å². The van der Waals surface area contributed by atoms with Crippen LogP contribution >= 0.6 is 0 Å². The van der Waals surface area contributed by atoms with E-state index in [1.54, 1.807) is 0 Å². The number of aryl methyl sites for hydroxylation is 1. The zero-order valence-electron chi connectivity index (χ0n) is 17.1. The highest BCUT2D eigenvalue weighted by molar-refractivity contribution is 5.27. The summed E-state index contributed by atoms with van der Waals surface area (Å²) in [7, 11) is 0. The highest BCUT2D eigenvalue weighted by Gasteiger charge is 2.12. The number of hydrogen-bond donors (Lipinski definition) is 2. The highest BCUT2D eigenvalue weighted by atomic mass is 14.5. The summed E-state index contributed by atoms with van der Waals surface area (Å²) in [5.41, 5.74) is 11.3. The van der Waals surface area contributed by atoms with E-state index >= 15 is 0 Å². The van der Waals surface area contributed by atoms with Crippen molar-refractivity contribution in [3.63, 3.8) is 0 Å². The summed E-state index contributed by atoms with van der Waals surface area (Å²) in [6.07, 6.45) is 0. The number of nitrogens with two attached hydrogens (primary N) is 1. The Hall–Kier alpha value is -1.93. The molecular weight excluding hydrogens is 304 g/mol. The first-order chi connectivity index (χ1) is 11.5. The van der Waals surface area contributed by atoms with E-state index in [2.05, 4.69) is 104 Å². The minimum Gasteiger partial charge on any atom is -0.326 e. The average Bonchev–Trinajstić information content (AvgIpc) is 2.56. The van der Waals surface area contributed by atoms with Gasteiger partial charge in [0.25, 0.3) is 0 Å². The maximum Gasteiger partial charge on any atom is 0.0178 e. The van der Waals surface area contributed by atoms with E-state index in [1.165, 1.54) is 22.3 Å². The summed E-state index contributed by atoms with van der Waals surface area (Å²) in [6, 6.07) is 17.2. The van der Waals surface area contributed by atoms with E-state index < -0.39 is 0 Å². The Bertz CT molecular complexity index is 597. The Labute approximate surface area is 155 Å². The normalized spacial score (nSPS) is 10.9. The second kappa shape index (κ2) is 10.1. The first kappa shape index (κ1) is 23.1. The first-order valence-corrected chi connectivity index (χ1v) is 8.76. The third-order valence-electron chi connectivity index (χ3n) is 3.97. The fraction of sp³-hybridized carbons (Fsp3) is 0.435. The Balaban J connectivity index is 0.000000421. The fourth-order valence-electron chi connectivity index (χ4n) is 2.19. The molecule has 0 radical (unpaired) electrons. The van der Waals surface area contributed by atoms with Gasteiger partial charge in [-0.1, -0.05) is 95.6 Å². The molecule has 25 heavy (non-hydrogen) atoms. The standard InChI is InChI=1S/C11H17N.C11H16.CH3N/c1-11(2,3)10-6-4-9(8-12)5-7-10;1-9-5-7-10(8-6-9)11(2,3)4;1-2/h4-7H,8,12H2,1-3H3;5-8H,1-4H3;2H,1H2. The van der Waals surface area contributed by atoms with Gasteiger partial charge in [0.05, 0.1) is 0 Å². The molecule has 2 heteroatoms. The van der Waals surface area contributed by atoms with E-state index in [-0.39, 0.29) is 10.8 Å². The van der Waals surface area contributed by atoms with E-state index in [4.69, 9.17) is 11.1 Å². The van der Waals surface area contributed by atoms with Crippen LogP contribution in [0.25, 0.3) is 0 Å². The lowest BCUT2D eigenvalue weighted by Gasteiger charge is -2.18. The van der Waals surface area contributed by atoms with Crippen molar-refractivity contribution in [2.45, 2.75) is 65.8 Å². The van der Waals surface area contributed by atoms with Crippen molar-refractivity contribution in [1.29, 1.82) is 5.41 Å². The van der Waals surface area contributed by atoms with Gasteiger partial charge in [0.15, 0.2) is 0 Å². The van der Waals surface area contributed by atoms with Crippen LogP contribution in [0.5, 0.6) is 0 Å². The van der Waals surface area contributed by atoms with Gasteiger partial charge in [-0.05, 0) is 41.2 Å². The summed E-state index contributed by atoms with van der Waals surface area (Å²) in [5, 5.41) is 5.50. The molecule has 0 spiro atoms. The van der Waals surface area contributed by atoms with Gasteiger partial charge in [0.2, 0.25) is 0 Å². The number of hydrogen-bond acceptors (Lipinski definition) is 2. The Kier molecular flexibility index (Phi) is 9.37. The minimum atomic E-state index is 0.243. The lowest BCUT2D eigenvalue weighted by molar-refractivity contribution is 0.590. The largest absolute Gasteiger partial charge is 0.326 e. The molecule has 0 heterocycles. The molecule has 0 aliphatic rings. The third kappa shape index (κ3) is 8.64. The number of benzene rings is 2. The SMILES string of the molecule is C=N.CC(C)(C)c1ccc(CN)cc1.Cc1ccc(C(C)(C)C)cc1. The lowest BCUT2D eigenvalue weighted by atomic mass is 9.87. The van der Waals surface area contributed by atoms with Gasteiger partial charge in [-0.3, -0.25) is 0 Å². The van der Waals surface area contributed by atoms with Gasteiger partial charge in [-0.25, -0.2) is 0 Å². The lowest BCUT2D eigenvalue weighted by Crippen LogP contribution is -2.10. The number of nitrogens with one attached hydrogen (secondary N) is 1. The molecule has 3 N–H and O–H groups in total. The first-order valence-electron chi connectivity index (χ1n) is 8.76. The van der Waals surface area contributed by atoms with E-state index in [1.807, 2.05) is 0 Å². The summed E-state index contributed by atoms with van der Waals surface area (Å²) in [5.74, 6) is 0. The average molecular weight is 341 g/mol. The Morgan fingerprint density at radius 1 is 0.720 bits per heavy atom. The minimum absolute atomic E-state index is 0.243. The molecule has 0 bridgehead atoms. The smallest absolute Gasteiger partial charge is 0.0178 e. The van der Waals surface area contributed by atoms with E-state index in [0.29, 0.717) is 6.54 Å². The molecule has 2 rings (SSSR count). The molecule has 0 amide bonds. The van der Waals surface area contributed by atoms with Gasteiger partial charge in [0.1, 0.15) is 0 Å². The second-order valence-electron chi connectivity index (χ2n) is 8.27. The summed E-state index contributed by atoms with van der Waals surface area (Å²) in [4.78, 5) is 0. The maximum atomic E-state index is 5.51. The molecule has 0 aliphatic carbocycles. The van der Waals surface area contributed by atoms with Crippen LogP contribution in [0.3, 0.4) is 0 Å². The van der Waals surface area contributed by atoms with Crippen molar-refractivity contribution in [2.75, 3.05) is 0 Å². The topological polar surface area (TPSA) is 49.9 Å². The predicted octanol–water partition coefficient (Wildman–Crippen LogP) is 6.00. The zero-order valence-corrected chi connectivity index (χ0v) is 17.1. The molecule has 0 saturated carbocycles. The van der Waals surface area contributed by atoms with Crippen molar-refractivity contribution in [1.82, 2.24) is 0 Å². The fourth-order valence-corrected chi connectivity index (χ4v) is 2.19. The number of rotatable bonds is 1. The van der Waals surface area contributed by atoms with Gasteiger partial charge in [-0.2, -0.15) is 0 Å². The van der Waals surface area contributed by atoms with Gasteiger partial charge in [0, 0.05) is 6.54 Å². The van der Waals surface area contributed by atoms with Gasteiger partial charge >= 0.3 is 0 Å². The second-order valence-corrected chi connectivity index (χ2v) is 8.27. The zero-order chi connectivity index (χ0) is 19.7. The molecule has 0 saturated heterocycles. The van der Waals surface area contributed by atoms with Crippen LogP contribution in [0, 0.1) is 12.3 Å². The van der Waals surface area contributed by atoms with Crippen LogP contribution in [-0.2, 0) is 17.4 Å². The van der Waals surface area contributed by atoms with E-state index in [0.717, 1.165) is 0 Å². The molecule has 0 aliphatic heterocycles. The van der Waals surface area contributed by atoms with Crippen molar-refractivity contribution >= 4 is 6.72 Å². The predicted molar refractivity (Wildman–Crippen MR) is 113 cm³/mol. The summed E-state index contributed by atoms with van der Waals surface area (Å²) < 4.78 is 0. The molecule has 2 aromatic carbocycles. The summed E-state index contributed by atoms with van der Waals surface area (Å²) in [6.45, 7) is 18.6. The Morgan fingerprint density at radius 3 is 1.32 bits per heavy atom. The van der Waals surface area contributed by atoms with Gasteiger partial charge in [-0.15, -0.1) is 0 Å². The van der Waals surface area contributed by atoms with Crippen LogP contribution in [0.4, 0.5) is 0 Å². The van der Waals surface area contributed by atoms with Crippen molar-refractivity contribution in [3.05, 3.63) is 70.8 Å². The molecule has 2 nitrogen and oxygen atoms in total. The highest BCUT2D eigenvalue weighted by Crippen LogP contribution is 2.22. The van der Waals surface area contributed by atoms with Crippen LogP contribution in [-0.4, -0.2) is 6.72 Å². The van der Waals surface area contributed by atoms with Gasteiger partial charge < -0.3 is 11.1 Å². The van der Waals surface area contributed by atoms with Crippen LogP contribution < -0.4 is 5.73 Å².